The predicted octanol–water partition coefficient (Wildman–Crippen LogP) is 6.63. The number of methoxy groups -OCH3 is 1. The Morgan fingerprint density at radius 3 is 2.28 bits per heavy atom. The van der Waals surface area contributed by atoms with E-state index >= 15 is 0 Å². The van der Waals surface area contributed by atoms with Crippen LogP contribution in [0.15, 0.2) is 103 Å². The molecule has 1 spiro atoms. The summed E-state index contributed by atoms with van der Waals surface area (Å²) in [7, 11) is 1.58. The Morgan fingerprint density at radius 2 is 1.53 bits per heavy atom. The number of hydrogen-bond donors (Lipinski definition) is 1. The molecule has 1 amide bonds. The van der Waals surface area contributed by atoms with Crippen molar-refractivity contribution in [3.63, 3.8) is 0 Å². The van der Waals surface area contributed by atoms with E-state index in [1.165, 1.54) is 0 Å². The molecule has 3 aliphatic heterocycles. The molecular formula is C37H32N2O4. The largest absolute Gasteiger partial charge is 0.497 e. The van der Waals surface area contributed by atoms with Gasteiger partial charge in [-0.05, 0) is 65.1 Å². The highest BCUT2D eigenvalue weighted by Crippen LogP contribution is 2.62. The van der Waals surface area contributed by atoms with E-state index in [1.807, 2.05) is 90.0 Å². The molecule has 6 heteroatoms. The number of fused-ring (bicyclic) bond motifs is 6. The molecule has 1 saturated heterocycles. The topological polar surface area (TPSA) is 75.7 Å². The Hall–Kier alpha value is -4.97. The van der Waals surface area contributed by atoms with Gasteiger partial charge >= 0.3 is 0 Å². The second-order valence-electron chi connectivity index (χ2n) is 11.5. The fourth-order valence-corrected chi connectivity index (χ4v) is 7.40. The molecule has 6 nitrogen and oxygen atoms in total. The van der Waals surface area contributed by atoms with Crippen molar-refractivity contribution in [1.82, 2.24) is 4.90 Å². The average Bonchev–Trinajstić information content (AvgIpc) is 3.53. The number of rotatable bonds is 7. The zero-order valence-electron chi connectivity index (χ0n) is 24.1. The maximum absolute atomic E-state index is 14.9. The number of nitrogens with zero attached hydrogens (tertiary/aromatic N) is 1. The highest BCUT2D eigenvalue weighted by molar-refractivity contribution is 6.16. The molecule has 0 bridgehead atoms. The molecule has 4 atom stereocenters. The smallest absolute Gasteiger partial charge is 0.238 e. The van der Waals surface area contributed by atoms with E-state index in [0.717, 1.165) is 35.1 Å². The monoisotopic (exact) mass is 568 g/mol. The molecule has 3 aliphatic rings. The van der Waals surface area contributed by atoms with Crippen LogP contribution in [0.4, 0.5) is 5.69 Å². The number of carbonyl (C=O) groups is 3. The van der Waals surface area contributed by atoms with Crippen molar-refractivity contribution >= 4 is 29.2 Å². The number of ether oxygens (including phenoxy) is 1. The first-order chi connectivity index (χ1) is 21.0. The number of Topliss-reactive ketones (excluding diaryl/α,β-unsaturated/α-hetero) is 2. The second kappa shape index (κ2) is 10.4. The van der Waals surface area contributed by atoms with Gasteiger partial charge in [-0.25, -0.2) is 0 Å². The van der Waals surface area contributed by atoms with Gasteiger partial charge in [0.05, 0.1) is 19.1 Å². The SMILES string of the molecule is CCCc1ccc(C(=O)[C@H]2[C@@H](C(=O)c3ccc(OC)cc3)N3C=Cc4ccccc4[C@@H]3[C@]23C(=O)Nc2ccccc23)cc1. The minimum atomic E-state index is -1.34. The van der Waals surface area contributed by atoms with Crippen molar-refractivity contribution in [2.24, 2.45) is 5.92 Å². The van der Waals surface area contributed by atoms with Crippen molar-refractivity contribution in [2.45, 2.75) is 37.3 Å². The molecule has 0 aliphatic carbocycles. The Kier molecular flexibility index (Phi) is 6.50. The van der Waals surface area contributed by atoms with E-state index in [0.29, 0.717) is 22.6 Å². The summed E-state index contributed by atoms with van der Waals surface area (Å²) in [6.07, 6.45) is 5.77. The Balaban J connectivity index is 1.48. The number of ketones is 2. The Labute approximate surface area is 251 Å². The first kappa shape index (κ1) is 26.9. The van der Waals surface area contributed by atoms with Gasteiger partial charge in [-0.2, -0.15) is 0 Å². The summed E-state index contributed by atoms with van der Waals surface area (Å²) in [6, 6.07) is 28.6. The van der Waals surface area contributed by atoms with Crippen molar-refractivity contribution in [3.05, 3.63) is 137 Å². The number of nitrogens with one attached hydrogen (secondary N) is 1. The summed E-state index contributed by atoms with van der Waals surface area (Å²) in [5, 5.41) is 3.10. The maximum Gasteiger partial charge on any atom is 0.238 e. The van der Waals surface area contributed by atoms with Gasteiger partial charge in [-0.15, -0.1) is 0 Å². The summed E-state index contributed by atoms with van der Waals surface area (Å²) in [5.41, 5.74) is 4.04. The van der Waals surface area contributed by atoms with Crippen LogP contribution in [0.3, 0.4) is 0 Å². The lowest BCUT2D eigenvalue weighted by atomic mass is 9.62. The number of hydrogen-bond acceptors (Lipinski definition) is 5. The van der Waals surface area contributed by atoms with Crippen LogP contribution in [0.2, 0.25) is 0 Å². The van der Waals surface area contributed by atoms with Gasteiger partial charge in [0.2, 0.25) is 5.91 Å². The van der Waals surface area contributed by atoms with Crippen molar-refractivity contribution in [3.8, 4) is 5.75 Å². The molecule has 0 aromatic heterocycles. The lowest BCUT2D eigenvalue weighted by molar-refractivity contribution is -0.122. The van der Waals surface area contributed by atoms with E-state index in [2.05, 4.69) is 12.2 Å². The van der Waals surface area contributed by atoms with Crippen LogP contribution in [0.5, 0.6) is 5.75 Å². The van der Waals surface area contributed by atoms with Crippen LogP contribution in [0.1, 0.15) is 62.4 Å². The number of anilines is 1. The van der Waals surface area contributed by atoms with Gasteiger partial charge in [-0.3, -0.25) is 14.4 Å². The molecule has 0 saturated carbocycles. The van der Waals surface area contributed by atoms with Crippen molar-refractivity contribution < 1.29 is 19.1 Å². The molecular weight excluding hydrogens is 536 g/mol. The first-order valence-corrected chi connectivity index (χ1v) is 14.8. The number of benzene rings is 4. The van der Waals surface area contributed by atoms with E-state index in [9.17, 15) is 14.4 Å². The van der Waals surface area contributed by atoms with Gasteiger partial charge in [0.25, 0.3) is 0 Å². The molecule has 1 fully saturated rings. The fraction of sp³-hybridized carbons (Fsp3) is 0.216. The third kappa shape index (κ3) is 3.97. The Morgan fingerprint density at radius 1 is 0.860 bits per heavy atom. The van der Waals surface area contributed by atoms with Gasteiger partial charge in [0, 0.05) is 23.0 Å². The highest BCUT2D eigenvalue weighted by Gasteiger charge is 2.70. The summed E-state index contributed by atoms with van der Waals surface area (Å²) in [4.78, 5) is 46.1. The van der Waals surface area contributed by atoms with Gasteiger partial charge < -0.3 is 15.0 Å². The molecule has 1 N–H and O–H groups in total. The number of carbonyl (C=O) groups excluding carboxylic acids is 3. The highest BCUT2D eigenvalue weighted by atomic mass is 16.5. The quantitative estimate of drug-likeness (QED) is 0.253. The van der Waals surface area contributed by atoms with Crippen LogP contribution in [-0.2, 0) is 16.6 Å². The minimum Gasteiger partial charge on any atom is -0.497 e. The van der Waals surface area contributed by atoms with E-state index in [-0.39, 0.29) is 17.5 Å². The van der Waals surface area contributed by atoms with Crippen molar-refractivity contribution in [2.75, 3.05) is 12.4 Å². The minimum absolute atomic E-state index is 0.216. The average molecular weight is 569 g/mol. The van der Waals surface area contributed by atoms with Crippen molar-refractivity contribution in [1.29, 1.82) is 0 Å². The molecule has 3 heterocycles. The van der Waals surface area contributed by atoms with Gasteiger partial charge in [0.15, 0.2) is 11.6 Å². The third-order valence-electron chi connectivity index (χ3n) is 9.27. The van der Waals surface area contributed by atoms with E-state index in [1.54, 1.807) is 31.4 Å². The fourth-order valence-electron chi connectivity index (χ4n) is 7.40. The van der Waals surface area contributed by atoms with E-state index < -0.39 is 23.4 Å². The van der Waals surface area contributed by atoms with Crippen LogP contribution in [0.25, 0.3) is 6.08 Å². The molecule has 0 unspecified atom stereocenters. The molecule has 214 valence electrons. The van der Waals surface area contributed by atoms with Crippen LogP contribution < -0.4 is 10.1 Å². The summed E-state index contributed by atoms with van der Waals surface area (Å²) in [5.74, 6) is -1.06. The lowest BCUT2D eigenvalue weighted by Crippen LogP contribution is -2.49. The number of amides is 1. The number of aryl methyl sites for hydroxylation is 1. The first-order valence-electron chi connectivity index (χ1n) is 14.8. The Bertz CT molecular complexity index is 1780. The normalized spacial score (nSPS) is 23.0. The van der Waals surface area contributed by atoms with Crippen LogP contribution in [0, 0.1) is 5.92 Å². The van der Waals surface area contributed by atoms with Crippen LogP contribution in [-0.4, -0.2) is 35.5 Å². The molecule has 7 rings (SSSR count). The summed E-state index contributed by atoms with van der Waals surface area (Å²) >= 11 is 0. The molecule has 43 heavy (non-hydrogen) atoms. The molecule has 0 radical (unpaired) electrons. The number of para-hydroxylation sites is 1. The zero-order valence-corrected chi connectivity index (χ0v) is 24.1. The third-order valence-corrected chi connectivity index (χ3v) is 9.27. The standard InChI is InChI=1S/C37H32N2O4/c1-3-8-23-13-15-25(16-14-23)33(40)31-32(34(41)26-17-19-27(43-2)20-18-26)39-22-21-24-9-4-5-10-28(24)35(39)37(31)29-11-6-7-12-30(29)38-36(37)42/h4-7,9-22,31-32,35H,3,8H2,1-2H3,(H,38,42)/t31-,32+,35-,37-/m1/s1. The van der Waals surface area contributed by atoms with E-state index in [4.69, 9.17) is 4.74 Å². The predicted molar refractivity (Wildman–Crippen MR) is 166 cm³/mol. The summed E-state index contributed by atoms with van der Waals surface area (Å²) in [6.45, 7) is 2.12. The van der Waals surface area contributed by atoms with Crippen LogP contribution >= 0.6 is 0 Å². The second-order valence-corrected chi connectivity index (χ2v) is 11.5. The zero-order chi connectivity index (χ0) is 29.7. The molecule has 4 aromatic carbocycles. The lowest BCUT2D eigenvalue weighted by Gasteiger charge is -2.38. The summed E-state index contributed by atoms with van der Waals surface area (Å²) < 4.78 is 5.33. The molecule has 4 aromatic rings. The maximum atomic E-state index is 14.9. The van der Waals surface area contributed by atoms with Gasteiger partial charge in [0.1, 0.15) is 17.2 Å². The van der Waals surface area contributed by atoms with Gasteiger partial charge in [-0.1, -0.05) is 80.1 Å².